The van der Waals surface area contributed by atoms with Crippen LogP contribution < -0.4 is 8.85 Å². The predicted molar refractivity (Wildman–Crippen MR) is 120 cm³/mol. The van der Waals surface area contributed by atoms with E-state index in [0.29, 0.717) is 5.56 Å². The van der Waals surface area contributed by atoms with Gasteiger partial charge in [0.05, 0.1) is 11.6 Å². The number of hydrogen-bond acceptors (Lipinski definition) is 4. The smallest absolute Gasteiger partial charge is 0.137 e. The number of rotatable bonds is 5. The zero-order valence-corrected chi connectivity index (χ0v) is 17.2. The summed E-state index contributed by atoms with van der Waals surface area (Å²) in [5, 5.41) is 10.4. The van der Waals surface area contributed by atoms with Crippen molar-refractivity contribution >= 4 is 36.0 Å². The number of nitrogens with zero attached hydrogens (tertiary/aromatic N) is 2. The van der Waals surface area contributed by atoms with Crippen LogP contribution in [0.5, 0.6) is 5.75 Å². The minimum absolute atomic E-state index is 0.672. The standard InChI is InChI=1S/C23H19N2OPS/c1-2-25-22-11-7-6-8-20(22)16-23(19-14-12-18(17-24)13-15-19)27(25)28-26-21-9-4-3-5-10-21/h3-16H,2H2,1H3. The Kier molecular flexibility index (Phi) is 5.67. The van der Waals surface area contributed by atoms with Gasteiger partial charge in [0.1, 0.15) is 24.7 Å². The van der Waals surface area contributed by atoms with Gasteiger partial charge in [0.25, 0.3) is 0 Å². The summed E-state index contributed by atoms with van der Waals surface area (Å²) in [5.41, 5.74) is 4.24. The van der Waals surface area contributed by atoms with Crippen LogP contribution in [0, 0.1) is 11.3 Å². The Hall–Kier alpha value is -2.73. The molecular formula is C23H19N2OPS. The highest BCUT2D eigenvalue weighted by Gasteiger charge is 2.31. The molecule has 1 aliphatic heterocycles. The molecule has 4 rings (SSSR count). The van der Waals surface area contributed by atoms with Gasteiger partial charge in [-0.25, -0.2) is 0 Å². The van der Waals surface area contributed by atoms with Gasteiger partial charge in [-0.1, -0.05) is 48.5 Å². The van der Waals surface area contributed by atoms with Crippen molar-refractivity contribution in [2.24, 2.45) is 0 Å². The molecule has 0 amide bonds. The lowest BCUT2D eigenvalue weighted by Gasteiger charge is -2.36. The molecule has 3 aromatic rings. The molecule has 5 heteroatoms. The molecule has 28 heavy (non-hydrogen) atoms. The molecule has 0 N–H and O–H groups in total. The lowest BCUT2D eigenvalue weighted by Crippen LogP contribution is -2.19. The van der Waals surface area contributed by atoms with E-state index in [0.717, 1.165) is 17.9 Å². The van der Waals surface area contributed by atoms with E-state index in [1.54, 1.807) is 0 Å². The number of nitriles is 1. The van der Waals surface area contributed by atoms with Crippen LogP contribution in [-0.4, -0.2) is 6.54 Å². The van der Waals surface area contributed by atoms with Crippen molar-refractivity contribution in [2.45, 2.75) is 6.92 Å². The Morgan fingerprint density at radius 3 is 2.39 bits per heavy atom. The summed E-state index contributed by atoms with van der Waals surface area (Å²) in [6.45, 7) is 3.07. The third-order valence-electron chi connectivity index (χ3n) is 4.49. The number of hydrogen-bond donors (Lipinski definition) is 0. The van der Waals surface area contributed by atoms with Crippen LogP contribution >= 0.6 is 18.9 Å². The van der Waals surface area contributed by atoms with Gasteiger partial charge in [-0.3, -0.25) is 0 Å². The molecule has 3 aromatic carbocycles. The first kappa shape index (κ1) is 18.6. The van der Waals surface area contributed by atoms with Gasteiger partial charge in [0.2, 0.25) is 0 Å². The van der Waals surface area contributed by atoms with Crippen molar-refractivity contribution in [3.8, 4) is 11.8 Å². The molecule has 1 heterocycles. The van der Waals surface area contributed by atoms with Crippen LogP contribution in [0.25, 0.3) is 11.4 Å². The fourth-order valence-corrected chi connectivity index (χ4v) is 7.10. The second-order valence-corrected chi connectivity index (χ2v) is 9.55. The third kappa shape index (κ3) is 3.78. The Bertz CT molecular complexity index is 1030. The molecule has 138 valence electrons. The molecule has 0 saturated carbocycles. The number of para-hydroxylation sites is 2. The maximum atomic E-state index is 9.12. The molecule has 0 spiro atoms. The van der Waals surface area contributed by atoms with Crippen molar-refractivity contribution in [2.75, 3.05) is 11.2 Å². The van der Waals surface area contributed by atoms with Gasteiger partial charge in [0, 0.05) is 17.5 Å². The monoisotopic (exact) mass is 402 g/mol. The molecule has 0 saturated heterocycles. The highest BCUT2D eigenvalue weighted by molar-refractivity contribution is 8.56. The van der Waals surface area contributed by atoms with Crippen molar-refractivity contribution in [1.29, 1.82) is 5.26 Å². The molecule has 0 aromatic heterocycles. The third-order valence-corrected chi connectivity index (χ3v) is 8.46. The summed E-state index contributed by atoms with van der Waals surface area (Å²) < 4.78 is 8.52. The molecule has 3 nitrogen and oxygen atoms in total. The van der Waals surface area contributed by atoms with Crippen LogP contribution in [0.15, 0.2) is 78.9 Å². The van der Waals surface area contributed by atoms with Gasteiger partial charge in [-0.2, -0.15) is 5.26 Å². The summed E-state index contributed by atoms with van der Waals surface area (Å²) in [6.07, 6.45) is 2.26. The van der Waals surface area contributed by atoms with E-state index in [1.165, 1.54) is 28.2 Å². The van der Waals surface area contributed by atoms with Crippen molar-refractivity contribution < 1.29 is 4.18 Å². The Balaban J connectivity index is 1.73. The van der Waals surface area contributed by atoms with E-state index in [2.05, 4.69) is 48.0 Å². The zero-order chi connectivity index (χ0) is 19.3. The molecule has 1 atom stereocenters. The maximum Gasteiger partial charge on any atom is 0.137 e. The fraction of sp³-hybridized carbons (Fsp3) is 0.0870. The van der Waals surface area contributed by atoms with Gasteiger partial charge in [-0.15, -0.1) is 0 Å². The topological polar surface area (TPSA) is 36.3 Å². The molecule has 0 aliphatic carbocycles. The normalized spacial score (nSPS) is 15.4. The first-order chi connectivity index (χ1) is 13.8. The molecule has 1 unspecified atom stereocenters. The number of anilines is 1. The van der Waals surface area contributed by atoms with Gasteiger partial charge in [0.15, 0.2) is 0 Å². The Morgan fingerprint density at radius 1 is 0.964 bits per heavy atom. The molecule has 0 radical (unpaired) electrons. The predicted octanol–water partition coefficient (Wildman–Crippen LogP) is 6.94. The average Bonchev–Trinajstić information content (AvgIpc) is 2.77. The van der Waals surface area contributed by atoms with E-state index >= 15 is 0 Å². The van der Waals surface area contributed by atoms with E-state index in [4.69, 9.17) is 9.44 Å². The number of fused-ring (bicyclic) bond motifs is 1. The fourth-order valence-electron chi connectivity index (χ4n) is 3.12. The van der Waals surface area contributed by atoms with E-state index in [9.17, 15) is 0 Å². The summed E-state index contributed by atoms with van der Waals surface area (Å²) in [4.78, 5) is 0. The van der Waals surface area contributed by atoms with E-state index in [-0.39, 0.29) is 0 Å². The Labute approximate surface area is 171 Å². The second kappa shape index (κ2) is 8.52. The lowest BCUT2D eigenvalue weighted by atomic mass is 10.1. The molecule has 0 fully saturated rings. The van der Waals surface area contributed by atoms with Crippen LogP contribution in [-0.2, 0) is 0 Å². The van der Waals surface area contributed by atoms with E-state index in [1.807, 2.05) is 54.6 Å². The second-order valence-electron chi connectivity index (χ2n) is 6.24. The van der Waals surface area contributed by atoms with Crippen molar-refractivity contribution in [3.63, 3.8) is 0 Å². The minimum atomic E-state index is -0.793. The summed E-state index contributed by atoms with van der Waals surface area (Å²) in [7, 11) is -0.793. The van der Waals surface area contributed by atoms with Gasteiger partial charge < -0.3 is 8.85 Å². The largest absolute Gasteiger partial charge is 0.419 e. The lowest BCUT2D eigenvalue weighted by molar-refractivity contribution is 0.655. The first-order valence-corrected chi connectivity index (χ1v) is 11.7. The average molecular weight is 402 g/mol. The van der Waals surface area contributed by atoms with E-state index < -0.39 is 7.27 Å². The van der Waals surface area contributed by atoms with Crippen molar-refractivity contribution in [3.05, 3.63) is 95.6 Å². The van der Waals surface area contributed by atoms with Crippen LogP contribution in [0.3, 0.4) is 0 Å². The summed E-state index contributed by atoms with van der Waals surface area (Å²) in [6, 6.07) is 28.4. The maximum absolute atomic E-state index is 9.12. The highest BCUT2D eigenvalue weighted by atomic mass is 32.7. The molecule has 1 aliphatic rings. The molecule has 0 bridgehead atoms. The summed E-state index contributed by atoms with van der Waals surface area (Å²) in [5.74, 6) is 0.851. The Morgan fingerprint density at radius 2 is 1.68 bits per heavy atom. The van der Waals surface area contributed by atoms with Crippen molar-refractivity contribution in [1.82, 2.24) is 0 Å². The van der Waals surface area contributed by atoms with Crippen LogP contribution in [0.4, 0.5) is 5.69 Å². The number of benzene rings is 3. The molecular weight excluding hydrogens is 383 g/mol. The van der Waals surface area contributed by atoms with Crippen LogP contribution in [0.2, 0.25) is 0 Å². The van der Waals surface area contributed by atoms with Gasteiger partial charge in [-0.05, 0) is 54.5 Å². The zero-order valence-electron chi connectivity index (χ0n) is 15.4. The first-order valence-electron chi connectivity index (χ1n) is 9.08. The highest BCUT2D eigenvalue weighted by Crippen LogP contribution is 2.67. The minimum Gasteiger partial charge on any atom is -0.419 e. The SMILES string of the molecule is CCN1c2ccccc2C=C(c2ccc(C#N)cc2)P1SOc1ccccc1. The summed E-state index contributed by atoms with van der Waals surface area (Å²) >= 11 is 1.52. The van der Waals surface area contributed by atoms with Gasteiger partial charge >= 0.3 is 0 Å². The van der Waals surface area contributed by atoms with Crippen LogP contribution in [0.1, 0.15) is 23.6 Å². The quantitative estimate of drug-likeness (QED) is 0.342.